The molecule has 2 N–H and O–H groups in total. The molecule has 2 amide bonds. The van der Waals surface area contributed by atoms with Crippen LogP contribution >= 0.6 is 0 Å². The summed E-state index contributed by atoms with van der Waals surface area (Å²) in [5.41, 5.74) is 4.52. The lowest BCUT2D eigenvalue weighted by molar-refractivity contribution is -0.118. The van der Waals surface area contributed by atoms with Gasteiger partial charge < -0.3 is 20.1 Å². The molecule has 0 fully saturated rings. The first-order valence-corrected chi connectivity index (χ1v) is 11.6. The minimum atomic E-state index is -0.346. The maximum absolute atomic E-state index is 12.7. The number of hydrogen-bond acceptors (Lipinski definition) is 7. The molecule has 4 rings (SSSR count). The van der Waals surface area contributed by atoms with E-state index in [0.29, 0.717) is 40.5 Å². The van der Waals surface area contributed by atoms with E-state index in [1.165, 1.54) is 13.3 Å². The number of amides is 2. The number of nitrogens with one attached hydrogen (secondary N) is 2. The fraction of sp³-hybridized carbons (Fsp3) is 0.222. The predicted octanol–water partition coefficient (Wildman–Crippen LogP) is 3.82. The fourth-order valence-corrected chi connectivity index (χ4v) is 3.97. The van der Waals surface area contributed by atoms with Crippen molar-refractivity contribution in [1.82, 2.24) is 14.6 Å². The van der Waals surface area contributed by atoms with Crippen LogP contribution in [0.5, 0.6) is 11.5 Å². The number of anilines is 2. The molecule has 2 aromatic heterocycles. The van der Waals surface area contributed by atoms with Crippen molar-refractivity contribution < 1.29 is 19.1 Å². The number of aromatic nitrogens is 3. The molecular formula is C27H26N6O4. The van der Waals surface area contributed by atoms with Crippen LogP contribution in [0, 0.1) is 25.2 Å². The molecule has 0 spiro atoms. The van der Waals surface area contributed by atoms with Gasteiger partial charge >= 0.3 is 0 Å². The van der Waals surface area contributed by atoms with E-state index in [-0.39, 0.29) is 24.8 Å². The van der Waals surface area contributed by atoms with E-state index < -0.39 is 0 Å². The van der Waals surface area contributed by atoms with E-state index in [2.05, 4.69) is 26.8 Å². The summed E-state index contributed by atoms with van der Waals surface area (Å²) in [4.78, 5) is 29.5. The van der Waals surface area contributed by atoms with E-state index >= 15 is 0 Å². The minimum absolute atomic E-state index is 0.181. The van der Waals surface area contributed by atoms with Crippen molar-refractivity contribution in [3.63, 3.8) is 0 Å². The Morgan fingerprint density at radius 2 is 1.73 bits per heavy atom. The predicted molar refractivity (Wildman–Crippen MR) is 138 cm³/mol. The van der Waals surface area contributed by atoms with Crippen molar-refractivity contribution in [2.24, 2.45) is 0 Å². The molecule has 0 atom stereocenters. The zero-order chi connectivity index (χ0) is 26.4. The molecule has 0 aliphatic carbocycles. The van der Waals surface area contributed by atoms with Gasteiger partial charge in [0.15, 0.2) is 23.8 Å². The number of para-hydroxylation sites is 2. The lowest BCUT2D eigenvalue weighted by Gasteiger charge is -2.12. The highest BCUT2D eigenvalue weighted by Crippen LogP contribution is 2.26. The van der Waals surface area contributed by atoms with Crippen LogP contribution in [-0.2, 0) is 16.0 Å². The highest BCUT2D eigenvalue weighted by atomic mass is 16.5. The molecule has 2 aromatic carbocycles. The fourth-order valence-electron chi connectivity index (χ4n) is 3.97. The number of rotatable bonds is 9. The van der Waals surface area contributed by atoms with Gasteiger partial charge in [0.05, 0.1) is 13.3 Å². The maximum Gasteiger partial charge on any atom is 0.262 e. The molecule has 10 nitrogen and oxygen atoms in total. The minimum Gasteiger partial charge on any atom is -0.493 e. The Morgan fingerprint density at radius 1 is 1.03 bits per heavy atom. The second kappa shape index (κ2) is 11.2. The van der Waals surface area contributed by atoms with Crippen LogP contribution in [0.15, 0.2) is 54.7 Å². The Kier molecular flexibility index (Phi) is 7.64. The monoisotopic (exact) mass is 498 g/mol. The van der Waals surface area contributed by atoms with Crippen molar-refractivity contribution in [3.8, 4) is 17.6 Å². The summed E-state index contributed by atoms with van der Waals surface area (Å²) in [6.07, 6.45) is 2.18. The molecule has 0 aliphatic heterocycles. The largest absolute Gasteiger partial charge is 0.493 e. The zero-order valence-corrected chi connectivity index (χ0v) is 20.7. The molecule has 0 saturated heterocycles. The third kappa shape index (κ3) is 5.85. The molecule has 10 heteroatoms. The van der Waals surface area contributed by atoms with Crippen molar-refractivity contribution in [1.29, 1.82) is 5.26 Å². The Labute approximate surface area is 213 Å². The van der Waals surface area contributed by atoms with Crippen LogP contribution in [0.3, 0.4) is 0 Å². The van der Waals surface area contributed by atoms with Gasteiger partial charge in [0, 0.05) is 29.2 Å². The van der Waals surface area contributed by atoms with Crippen molar-refractivity contribution in [3.05, 3.63) is 77.2 Å². The number of fused-ring (bicyclic) bond motifs is 1. The Bertz CT molecular complexity index is 1500. The number of aryl methyl sites for hydroxylation is 2. The zero-order valence-electron chi connectivity index (χ0n) is 20.7. The summed E-state index contributed by atoms with van der Waals surface area (Å²) in [6.45, 7) is 3.56. The summed E-state index contributed by atoms with van der Waals surface area (Å²) in [5.74, 6) is 0.484. The molecule has 0 unspecified atom stereocenters. The van der Waals surface area contributed by atoms with Gasteiger partial charge in [-0.1, -0.05) is 18.2 Å². The van der Waals surface area contributed by atoms with E-state index in [4.69, 9.17) is 9.47 Å². The smallest absolute Gasteiger partial charge is 0.262 e. The van der Waals surface area contributed by atoms with Gasteiger partial charge in [-0.25, -0.2) is 9.50 Å². The van der Waals surface area contributed by atoms with E-state index in [1.54, 1.807) is 47.0 Å². The molecule has 2 heterocycles. The number of methoxy groups -OCH3 is 1. The Morgan fingerprint density at radius 3 is 2.43 bits per heavy atom. The Balaban J connectivity index is 1.33. The average molecular weight is 499 g/mol. The summed E-state index contributed by atoms with van der Waals surface area (Å²) in [5, 5.41) is 19.1. The van der Waals surface area contributed by atoms with Crippen LogP contribution < -0.4 is 20.1 Å². The van der Waals surface area contributed by atoms with Gasteiger partial charge in [-0.05, 0) is 56.2 Å². The van der Waals surface area contributed by atoms with E-state index in [0.717, 1.165) is 17.0 Å². The summed E-state index contributed by atoms with van der Waals surface area (Å²) >= 11 is 0. The molecule has 0 radical (unpaired) electrons. The van der Waals surface area contributed by atoms with Crippen molar-refractivity contribution in [2.75, 3.05) is 24.4 Å². The number of nitriles is 1. The van der Waals surface area contributed by atoms with Gasteiger partial charge in [-0.2, -0.15) is 10.4 Å². The first-order valence-electron chi connectivity index (χ1n) is 11.6. The van der Waals surface area contributed by atoms with Gasteiger partial charge in [0.25, 0.3) is 5.91 Å². The molecule has 0 saturated carbocycles. The van der Waals surface area contributed by atoms with Gasteiger partial charge in [-0.15, -0.1) is 0 Å². The molecule has 4 aromatic rings. The summed E-state index contributed by atoms with van der Waals surface area (Å²) in [7, 11) is 1.53. The molecule has 0 bridgehead atoms. The highest BCUT2D eigenvalue weighted by molar-refractivity contribution is 5.94. The quantitative estimate of drug-likeness (QED) is 0.359. The lowest BCUT2D eigenvalue weighted by Crippen LogP contribution is -2.20. The third-order valence-electron chi connectivity index (χ3n) is 5.79. The van der Waals surface area contributed by atoms with E-state index in [9.17, 15) is 14.9 Å². The second-order valence-corrected chi connectivity index (χ2v) is 8.28. The normalized spacial score (nSPS) is 10.5. The average Bonchev–Trinajstić information content (AvgIpc) is 3.30. The van der Waals surface area contributed by atoms with Crippen LogP contribution in [0.1, 0.15) is 28.9 Å². The number of ether oxygens (including phenoxy) is 2. The van der Waals surface area contributed by atoms with Crippen molar-refractivity contribution >= 4 is 28.8 Å². The van der Waals surface area contributed by atoms with Crippen LogP contribution in [0.25, 0.3) is 5.65 Å². The number of carbonyl (C=O) groups is 2. The van der Waals surface area contributed by atoms with Crippen LogP contribution in [-0.4, -0.2) is 40.1 Å². The number of benzene rings is 2. The Hall–Kier alpha value is -4.91. The van der Waals surface area contributed by atoms with Crippen molar-refractivity contribution in [2.45, 2.75) is 26.7 Å². The highest BCUT2D eigenvalue weighted by Gasteiger charge is 2.15. The van der Waals surface area contributed by atoms with E-state index in [1.807, 2.05) is 19.9 Å². The molecule has 188 valence electrons. The standard InChI is InChI=1S/C27H26N6O4/c1-17-22(18(2)33-27(30-17)19(14-28)15-29-33)11-12-25(34)31-20-7-6-8-21(13-20)32-26(35)16-37-24-10-5-4-9-23(24)36-3/h4-10,13,15H,11-12,16H2,1-3H3,(H,31,34)(H,32,35). The number of hydrogen-bond donors (Lipinski definition) is 2. The lowest BCUT2D eigenvalue weighted by atomic mass is 10.1. The number of carbonyl (C=O) groups excluding carboxylic acids is 2. The maximum atomic E-state index is 12.7. The first kappa shape index (κ1) is 25.2. The molecular weight excluding hydrogens is 472 g/mol. The summed E-state index contributed by atoms with van der Waals surface area (Å²) in [6, 6.07) is 16.1. The van der Waals surface area contributed by atoms with Gasteiger partial charge in [0.2, 0.25) is 5.91 Å². The van der Waals surface area contributed by atoms with Gasteiger partial charge in [0.1, 0.15) is 11.6 Å². The summed E-state index contributed by atoms with van der Waals surface area (Å²) < 4.78 is 12.4. The third-order valence-corrected chi connectivity index (χ3v) is 5.79. The number of nitrogens with zero attached hydrogens (tertiary/aromatic N) is 4. The van der Waals surface area contributed by atoms with Gasteiger partial charge in [-0.3, -0.25) is 9.59 Å². The first-order chi connectivity index (χ1) is 17.9. The van der Waals surface area contributed by atoms with Crippen LogP contribution in [0.2, 0.25) is 0 Å². The second-order valence-electron chi connectivity index (χ2n) is 8.28. The molecule has 0 aliphatic rings. The van der Waals surface area contributed by atoms with Crippen LogP contribution in [0.4, 0.5) is 11.4 Å². The SMILES string of the molecule is COc1ccccc1OCC(=O)Nc1cccc(NC(=O)CCc2c(C)nc3c(C#N)cnn3c2C)c1. The molecule has 37 heavy (non-hydrogen) atoms. The topological polar surface area (TPSA) is 131 Å².